The smallest absolute Gasteiger partial charge is 0.284 e. The second-order valence-corrected chi connectivity index (χ2v) is 6.08. The number of alkyl halides is 3. The van der Waals surface area contributed by atoms with Gasteiger partial charge in [0.15, 0.2) is 9.84 Å². The number of hydrogen-bond acceptors (Lipinski definition) is 3. The van der Waals surface area contributed by atoms with Crippen LogP contribution in [0.15, 0.2) is 35.9 Å². The summed E-state index contributed by atoms with van der Waals surface area (Å²) in [7, 11) is -3.98. The Bertz CT molecular complexity index is 629. The highest BCUT2D eigenvalue weighted by Gasteiger charge is 2.42. The lowest BCUT2D eigenvalue weighted by atomic mass is 10.0. The Kier molecular flexibility index (Phi) is 4.75. The summed E-state index contributed by atoms with van der Waals surface area (Å²) in [6, 6.07) is 7.30. The maximum Gasteiger partial charge on any atom is 0.454 e. The van der Waals surface area contributed by atoms with Crippen molar-refractivity contribution in [2.75, 3.05) is 6.26 Å². The first-order chi connectivity index (χ1) is 9.09. The second kappa shape index (κ2) is 5.78. The third-order valence-corrected chi connectivity index (χ3v) is 3.79. The highest BCUT2D eigenvalue weighted by atomic mass is 32.2. The van der Waals surface area contributed by atoms with Crippen molar-refractivity contribution in [1.29, 1.82) is 0 Å². The van der Waals surface area contributed by atoms with Gasteiger partial charge in [-0.2, -0.15) is 13.2 Å². The van der Waals surface area contributed by atoms with Gasteiger partial charge in [0.25, 0.3) is 5.78 Å². The molecule has 0 atom stereocenters. The third kappa shape index (κ3) is 3.69. The van der Waals surface area contributed by atoms with E-state index in [0.717, 1.165) is 6.26 Å². The maximum absolute atomic E-state index is 12.6. The van der Waals surface area contributed by atoms with Gasteiger partial charge in [0, 0.05) is 11.8 Å². The van der Waals surface area contributed by atoms with Gasteiger partial charge in [-0.3, -0.25) is 4.79 Å². The van der Waals surface area contributed by atoms with Crippen molar-refractivity contribution >= 4 is 20.5 Å². The van der Waals surface area contributed by atoms with Gasteiger partial charge in [-0.05, 0) is 12.0 Å². The lowest BCUT2D eigenvalue weighted by Gasteiger charge is -2.14. The number of carbonyl (C=O) groups is 1. The second-order valence-electron chi connectivity index (χ2n) is 4.13. The molecule has 0 aliphatic carbocycles. The number of ketones is 1. The van der Waals surface area contributed by atoms with Crippen LogP contribution in [-0.4, -0.2) is 26.6 Å². The van der Waals surface area contributed by atoms with Crippen molar-refractivity contribution in [3.63, 3.8) is 0 Å². The van der Waals surface area contributed by atoms with E-state index in [2.05, 4.69) is 0 Å². The van der Waals surface area contributed by atoms with Crippen molar-refractivity contribution in [1.82, 2.24) is 0 Å². The van der Waals surface area contributed by atoms with Crippen LogP contribution in [0.4, 0.5) is 13.2 Å². The van der Waals surface area contributed by atoms with E-state index in [9.17, 15) is 26.4 Å². The van der Waals surface area contributed by atoms with Gasteiger partial charge < -0.3 is 0 Å². The monoisotopic (exact) mass is 306 g/mol. The van der Waals surface area contributed by atoms with E-state index in [1.54, 1.807) is 6.07 Å². The SMILES string of the molecule is CC/C(C(=O)C(F)(F)F)=C(\c1ccccc1)S(C)(=O)=O. The summed E-state index contributed by atoms with van der Waals surface area (Å²) in [5.74, 6) is -2.12. The number of Topliss-reactive ketones (excluding diaryl/α,β-unsaturated/α-hetero) is 1. The standard InChI is InChI=1S/C13H13F3O3S/c1-3-10(12(17)13(14,15)16)11(20(2,18)19)9-7-5-4-6-8-9/h4-8H,3H2,1-2H3/b11-10-. The first-order valence-electron chi connectivity index (χ1n) is 5.69. The Morgan fingerprint density at radius 1 is 1.15 bits per heavy atom. The molecule has 110 valence electrons. The first-order valence-corrected chi connectivity index (χ1v) is 7.58. The average molecular weight is 306 g/mol. The Morgan fingerprint density at radius 3 is 2.00 bits per heavy atom. The molecule has 0 aromatic heterocycles. The molecule has 0 aliphatic rings. The fourth-order valence-corrected chi connectivity index (χ4v) is 3.05. The topological polar surface area (TPSA) is 51.2 Å². The van der Waals surface area contributed by atoms with Crippen LogP contribution in [0.5, 0.6) is 0 Å². The van der Waals surface area contributed by atoms with Crippen molar-refractivity contribution in [2.24, 2.45) is 0 Å². The highest BCUT2D eigenvalue weighted by molar-refractivity contribution is 8.00. The molecule has 0 saturated carbocycles. The van der Waals surface area contributed by atoms with E-state index in [1.165, 1.54) is 31.2 Å². The molecule has 20 heavy (non-hydrogen) atoms. The number of hydrogen-bond donors (Lipinski definition) is 0. The normalized spacial score (nSPS) is 13.8. The minimum atomic E-state index is -5.10. The lowest BCUT2D eigenvalue weighted by molar-refractivity contribution is -0.166. The van der Waals surface area contributed by atoms with E-state index in [0.29, 0.717) is 0 Å². The van der Waals surface area contributed by atoms with Crippen LogP contribution in [0.25, 0.3) is 4.91 Å². The first kappa shape index (κ1) is 16.4. The van der Waals surface area contributed by atoms with E-state index in [4.69, 9.17) is 0 Å². The van der Waals surface area contributed by atoms with Gasteiger partial charge in [-0.25, -0.2) is 8.42 Å². The maximum atomic E-state index is 12.6. The molecule has 1 rings (SSSR count). The van der Waals surface area contributed by atoms with Crippen LogP contribution < -0.4 is 0 Å². The van der Waals surface area contributed by atoms with E-state index < -0.39 is 32.3 Å². The van der Waals surface area contributed by atoms with Crippen LogP contribution in [-0.2, 0) is 14.6 Å². The molecule has 0 saturated heterocycles. The molecule has 0 bridgehead atoms. The number of benzene rings is 1. The van der Waals surface area contributed by atoms with Crippen molar-refractivity contribution < 1.29 is 26.4 Å². The zero-order valence-electron chi connectivity index (χ0n) is 10.9. The summed E-state index contributed by atoms with van der Waals surface area (Å²) >= 11 is 0. The number of rotatable bonds is 4. The van der Waals surface area contributed by atoms with Crippen LogP contribution in [0, 0.1) is 0 Å². The molecule has 0 heterocycles. The average Bonchev–Trinajstić information content (AvgIpc) is 2.33. The Balaban J connectivity index is 3.65. The quantitative estimate of drug-likeness (QED) is 0.804. The summed E-state index contributed by atoms with van der Waals surface area (Å²) in [5.41, 5.74) is -0.671. The third-order valence-electron chi connectivity index (χ3n) is 2.57. The van der Waals surface area contributed by atoms with Gasteiger partial charge in [-0.1, -0.05) is 37.3 Å². The van der Waals surface area contributed by atoms with Crippen molar-refractivity contribution in [3.8, 4) is 0 Å². The predicted octanol–water partition coefficient (Wildman–Crippen LogP) is 2.98. The largest absolute Gasteiger partial charge is 0.454 e. The van der Waals surface area contributed by atoms with Crippen LogP contribution in [0.2, 0.25) is 0 Å². The summed E-state index contributed by atoms with van der Waals surface area (Å²) in [4.78, 5) is 10.8. The number of halogens is 3. The van der Waals surface area contributed by atoms with Gasteiger partial charge in [-0.15, -0.1) is 0 Å². The summed E-state index contributed by atoms with van der Waals surface area (Å²) in [6.45, 7) is 1.31. The molecule has 0 radical (unpaired) electrons. The lowest BCUT2D eigenvalue weighted by Crippen LogP contribution is -2.26. The molecule has 0 amide bonds. The molecular formula is C13H13F3O3S. The molecule has 7 heteroatoms. The van der Waals surface area contributed by atoms with Gasteiger partial charge in [0.05, 0.1) is 4.91 Å². The molecular weight excluding hydrogens is 293 g/mol. The van der Waals surface area contributed by atoms with Crippen molar-refractivity contribution in [2.45, 2.75) is 19.5 Å². The van der Waals surface area contributed by atoms with Crippen LogP contribution in [0.3, 0.4) is 0 Å². The van der Waals surface area contributed by atoms with Gasteiger partial charge in [0.2, 0.25) is 0 Å². The zero-order chi connectivity index (χ0) is 15.6. The molecule has 0 fully saturated rings. The number of carbonyl (C=O) groups excluding carboxylic acids is 1. The molecule has 0 aliphatic heterocycles. The summed E-state index contributed by atoms with van der Waals surface area (Å²) < 4.78 is 61.3. The van der Waals surface area contributed by atoms with Crippen molar-refractivity contribution in [3.05, 3.63) is 41.5 Å². The van der Waals surface area contributed by atoms with E-state index in [-0.39, 0.29) is 12.0 Å². The molecule has 0 spiro atoms. The minimum absolute atomic E-state index is 0.0736. The molecule has 3 nitrogen and oxygen atoms in total. The van der Waals surface area contributed by atoms with Crippen LogP contribution >= 0.6 is 0 Å². The Hall–Kier alpha value is -1.63. The number of sulfone groups is 1. The fourth-order valence-electron chi connectivity index (χ4n) is 1.80. The zero-order valence-corrected chi connectivity index (χ0v) is 11.7. The highest BCUT2D eigenvalue weighted by Crippen LogP contribution is 2.31. The summed E-state index contributed by atoms with van der Waals surface area (Å²) in [6.07, 6.45) is -4.64. The van der Waals surface area contributed by atoms with Gasteiger partial charge in [0.1, 0.15) is 0 Å². The molecule has 1 aromatic rings. The Morgan fingerprint density at radius 2 is 1.65 bits per heavy atom. The van der Waals surface area contributed by atoms with E-state index >= 15 is 0 Å². The fraction of sp³-hybridized carbons (Fsp3) is 0.308. The molecule has 0 N–H and O–H groups in total. The number of allylic oxidation sites excluding steroid dienone is 1. The molecule has 1 aromatic carbocycles. The van der Waals surface area contributed by atoms with E-state index in [1.807, 2.05) is 0 Å². The minimum Gasteiger partial charge on any atom is -0.284 e. The van der Waals surface area contributed by atoms with Gasteiger partial charge >= 0.3 is 6.18 Å². The Labute approximate surface area is 115 Å². The predicted molar refractivity (Wildman–Crippen MR) is 69.6 cm³/mol. The van der Waals surface area contributed by atoms with Crippen LogP contribution in [0.1, 0.15) is 18.9 Å². The molecule has 0 unspecified atom stereocenters. The summed E-state index contributed by atoms with van der Waals surface area (Å²) in [5, 5.41) is 0.